The summed E-state index contributed by atoms with van der Waals surface area (Å²) in [4.78, 5) is 12.6. The van der Waals surface area contributed by atoms with Gasteiger partial charge in [0.2, 0.25) is 0 Å². The highest BCUT2D eigenvalue weighted by atomic mass is 16.1. The molecule has 0 saturated heterocycles. The molecule has 1 N–H and O–H groups in total. The van der Waals surface area contributed by atoms with Gasteiger partial charge in [-0.2, -0.15) is 0 Å². The number of Topliss-reactive ketones (excluding diaryl/α,β-unsaturated/α-hetero) is 1. The first-order valence-electron chi connectivity index (χ1n) is 7.32. The summed E-state index contributed by atoms with van der Waals surface area (Å²) < 4.78 is 2.15. The highest BCUT2D eigenvalue weighted by molar-refractivity contribution is 6.12. The van der Waals surface area contributed by atoms with Gasteiger partial charge in [0, 0.05) is 29.7 Å². The van der Waals surface area contributed by atoms with Crippen LogP contribution in [-0.4, -0.2) is 22.9 Å². The van der Waals surface area contributed by atoms with Gasteiger partial charge in [0.25, 0.3) is 0 Å². The van der Waals surface area contributed by atoms with Crippen molar-refractivity contribution < 1.29 is 4.79 Å². The second-order valence-corrected chi connectivity index (χ2v) is 6.02. The normalized spacial score (nSPS) is 15.0. The van der Waals surface area contributed by atoms with E-state index in [0.717, 1.165) is 16.6 Å². The molecule has 1 saturated carbocycles. The molecule has 0 atom stereocenters. The number of ketones is 1. The van der Waals surface area contributed by atoms with Gasteiger partial charge in [0.05, 0.1) is 12.1 Å². The molecule has 20 heavy (non-hydrogen) atoms. The Hall–Kier alpha value is -1.61. The number of hydrogen-bond donors (Lipinski definition) is 1. The predicted octanol–water partition coefficient (Wildman–Crippen LogP) is 3.04. The minimum Gasteiger partial charge on any atom is -0.347 e. The van der Waals surface area contributed by atoms with Gasteiger partial charge in [-0.05, 0) is 44.7 Å². The summed E-state index contributed by atoms with van der Waals surface area (Å²) in [6, 6.07) is 4.81. The van der Waals surface area contributed by atoms with Crippen LogP contribution < -0.4 is 5.32 Å². The van der Waals surface area contributed by atoms with Gasteiger partial charge in [-0.25, -0.2) is 0 Å². The maximum Gasteiger partial charge on any atom is 0.179 e. The van der Waals surface area contributed by atoms with Crippen LogP contribution in [0.1, 0.15) is 40.0 Å². The quantitative estimate of drug-likeness (QED) is 0.866. The lowest BCUT2D eigenvalue weighted by Gasteiger charge is -2.05. The van der Waals surface area contributed by atoms with Crippen LogP contribution in [0.3, 0.4) is 0 Å². The van der Waals surface area contributed by atoms with Crippen molar-refractivity contribution in [3.63, 3.8) is 0 Å². The van der Waals surface area contributed by atoms with Crippen LogP contribution in [0.5, 0.6) is 0 Å². The number of nitrogens with zero attached hydrogens (tertiary/aromatic N) is 1. The first kappa shape index (κ1) is 13.4. The molecule has 0 aliphatic heterocycles. The second-order valence-electron chi connectivity index (χ2n) is 6.02. The first-order valence-corrected chi connectivity index (χ1v) is 7.32. The van der Waals surface area contributed by atoms with Crippen molar-refractivity contribution in [2.75, 3.05) is 6.54 Å². The molecule has 0 unspecified atom stereocenters. The number of carbonyl (C=O) groups excluding carboxylic acids is 1. The third-order valence-corrected chi connectivity index (χ3v) is 4.45. The lowest BCUT2D eigenvalue weighted by atomic mass is 10.0. The molecule has 3 heteroatoms. The number of carbonyl (C=O) groups is 1. The Balaban J connectivity index is 2.11. The van der Waals surface area contributed by atoms with E-state index in [-0.39, 0.29) is 5.78 Å². The largest absolute Gasteiger partial charge is 0.347 e. The Bertz CT molecular complexity index is 693. The van der Waals surface area contributed by atoms with Gasteiger partial charge in [-0.15, -0.1) is 0 Å². The average Bonchev–Trinajstić information content (AvgIpc) is 3.20. The van der Waals surface area contributed by atoms with E-state index in [1.54, 1.807) is 0 Å². The van der Waals surface area contributed by atoms with Crippen molar-refractivity contribution in [3.8, 4) is 0 Å². The van der Waals surface area contributed by atoms with Crippen molar-refractivity contribution in [1.82, 2.24) is 9.88 Å². The van der Waals surface area contributed by atoms with E-state index in [2.05, 4.69) is 42.9 Å². The van der Waals surface area contributed by atoms with Crippen LogP contribution in [0.2, 0.25) is 0 Å². The van der Waals surface area contributed by atoms with Crippen LogP contribution in [0.4, 0.5) is 0 Å². The smallest absolute Gasteiger partial charge is 0.179 e. The third-order valence-electron chi connectivity index (χ3n) is 4.45. The molecule has 1 aromatic carbocycles. The van der Waals surface area contributed by atoms with Gasteiger partial charge >= 0.3 is 0 Å². The number of aryl methyl sites for hydroxylation is 3. The zero-order chi connectivity index (χ0) is 14.4. The molecule has 1 fully saturated rings. The summed E-state index contributed by atoms with van der Waals surface area (Å²) in [5.74, 6) is 0.216. The minimum absolute atomic E-state index is 0.216. The van der Waals surface area contributed by atoms with Crippen LogP contribution in [0.25, 0.3) is 10.9 Å². The molecule has 0 bridgehead atoms. The Labute approximate surface area is 120 Å². The third kappa shape index (κ3) is 2.06. The van der Waals surface area contributed by atoms with Crippen molar-refractivity contribution in [1.29, 1.82) is 0 Å². The number of aromatic nitrogens is 1. The zero-order valence-electron chi connectivity index (χ0n) is 12.7. The number of benzene rings is 1. The molecular formula is C17H22N2O. The van der Waals surface area contributed by atoms with Gasteiger partial charge in [-0.3, -0.25) is 4.79 Å². The highest BCUT2D eigenvalue weighted by Crippen LogP contribution is 2.30. The zero-order valence-corrected chi connectivity index (χ0v) is 12.7. The molecule has 2 aromatic rings. The minimum atomic E-state index is 0.216. The molecule has 0 amide bonds. The van der Waals surface area contributed by atoms with Crippen LogP contribution >= 0.6 is 0 Å². The van der Waals surface area contributed by atoms with E-state index in [1.807, 2.05) is 6.92 Å². The van der Waals surface area contributed by atoms with E-state index in [9.17, 15) is 4.79 Å². The molecule has 1 heterocycles. The molecule has 3 rings (SSSR count). The second kappa shape index (κ2) is 4.74. The van der Waals surface area contributed by atoms with Crippen molar-refractivity contribution in [2.24, 2.45) is 7.05 Å². The Kier molecular flexibility index (Phi) is 3.17. The molecule has 1 aliphatic rings. The van der Waals surface area contributed by atoms with Gasteiger partial charge in [-0.1, -0.05) is 12.1 Å². The van der Waals surface area contributed by atoms with E-state index in [1.165, 1.54) is 29.5 Å². The average molecular weight is 270 g/mol. The van der Waals surface area contributed by atoms with Crippen LogP contribution in [0, 0.1) is 20.8 Å². The predicted molar refractivity (Wildman–Crippen MR) is 82.5 cm³/mol. The summed E-state index contributed by atoms with van der Waals surface area (Å²) in [6.45, 7) is 6.70. The fourth-order valence-electron chi connectivity index (χ4n) is 3.01. The SMILES string of the molecule is Cc1ccc(C)c2c1c(C(=O)CNC1CC1)c(C)n2C. The van der Waals surface area contributed by atoms with E-state index < -0.39 is 0 Å². The van der Waals surface area contributed by atoms with E-state index in [4.69, 9.17) is 0 Å². The fraction of sp³-hybridized carbons (Fsp3) is 0.471. The van der Waals surface area contributed by atoms with Crippen molar-refractivity contribution in [2.45, 2.75) is 39.7 Å². The monoisotopic (exact) mass is 270 g/mol. The molecular weight excluding hydrogens is 248 g/mol. The maximum atomic E-state index is 12.6. The van der Waals surface area contributed by atoms with Gasteiger partial charge in [0.15, 0.2) is 5.78 Å². The number of nitrogens with one attached hydrogen (secondary N) is 1. The highest BCUT2D eigenvalue weighted by Gasteiger charge is 2.24. The molecule has 0 radical (unpaired) electrons. The van der Waals surface area contributed by atoms with Crippen molar-refractivity contribution >= 4 is 16.7 Å². The lowest BCUT2D eigenvalue weighted by Crippen LogP contribution is -2.25. The maximum absolute atomic E-state index is 12.6. The fourth-order valence-corrected chi connectivity index (χ4v) is 3.01. The summed E-state index contributed by atoms with van der Waals surface area (Å²) in [6.07, 6.45) is 2.42. The summed E-state index contributed by atoms with van der Waals surface area (Å²) >= 11 is 0. The van der Waals surface area contributed by atoms with Crippen LogP contribution in [-0.2, 0) is 7.05 Å². The number of hydrogen-bond acceptors (Lipinski definition) is 2. The first-order chi connectivity index (χ1) is 9.50. The van der Waals surface area contributed by atoms with Gasteiger partial charge in [0.1, 0.15) is 0 Å². The van der Waals surface area contributed by atoms with E-state index in [0.29, 0.717) is 12.6 Å². The van der Waals surface area contributed by atoms with E-state index >= 15 is 0 Å². The Morgan fingerprint density at radius 3 is 2.55 bits per heavy atom. The molecule has 0 spiro atoms. The molecule has 1 aromatic heterocycles. The Morgan fingerprint density at radius 2 is 1.90 bits per heavy atom. The van der Waals surface area contributed by atoms with Crippen LogP contribution in [0.15, 0.2) is 12.1 Å². The molecule has 1 aliphatic carbocycles. The Morgan fingerprint density at radius 1 is 1.25 bits per heavy atom. The van der Waals surface area contributed by atoms with Crippen molar-refractivity contribution in [3.05, 3.63) is 34.5 Å². The topological polar surface area (TPSA) is 34.0 Å². The number of fused-ring (bicyclic) bond motifs is 1. The van der Waals surface area contributed by atoms with Gasteiger partial charge < -0.3 is 9.88 Å². The summed E-state index contributed by atoms with van der Waals surface area (Å²) in [5, 5.41) is 4.46. The molecule has 106 valence electrons. The number of rotatable bonds is 4. The molecule has 3 nitrogen and oxygen atoms in total. The summed E-state index contributed by atoms with van der Waals surface area (Å²) in [7, 11) is 2.05. The summed E-state index contributed by atoms with van der Waals surface area (Å²) in [5.41, 5.74) is 5.57. The standard InChI is InChI=1S/C17H22N2O/c1-10-5-6-11(2)17-15(10)16(12(3)19(17)4)14(20)9-18-13-7-8-13/h5-6,13,18H,7-9H2,1-4H3. The lowest BCUT2D eigenvalue weighted by molar-refractivity contribution is 0.0991.